The van der Waals surface area contributed by atoms with Gasteiger partial charge in [0.15, 0.2) is 0 Å². The van der Waals surface area contributed by atoms with E-state index < -0.39 is 0 Å². The van der Waals surface area contributed by atoms with Crippen molar-refractivity contribution < 1.29 is 4.98 Å². The van der Waals surface area contributed by atoms with E-state index in [1.165, 1.54) is 0 Å². The molecule has 2 aromatic heterocycles. The molecule has 2 rings (SSSR count). The minimum absolute atomic E-state index is 0.814. The topological polar surface area (TPSA) is 55.7 Å². The third-order valence-electron chi connectivity index (χ3n) is 1.15. The van der Waals surface area contributed by atoms with Crippen molar-refractivity contribution in [3.63, 3.8) is 0 Å². The van der Waals surface area contributed by atoms with E-state index in [-0.39, 0.29) is 0 Å². The molecule has 2 N–H and O–H groups in total. The van der Waals surface area contributed by atoms with E-state index >= 15 is 0 Å². The summed E-state index contributed by atoms with van der Waals surface area (Å²) in [5, 5.41) is 7.53. The van der Waals surface area contributed by atoms with Crippen LogP contribution in [0, 0.1) is 0 Å². The maximum Gasteiger partial charge on any atom is 0.286 e. The lowest BCUT2D eigenvalue weighted by molar-refractivity contribution is -0.380. The molecule has 0 atom stereocenters. The first-order valence-electron chi connectivity index (χ1n) is 2.62. The van der Waals surface area contributed by atoms with Crippen LogP contribution in [0.5, 0.6) is 0 Å². The maximum atomic E-state index is 3.97. The number of hydrogen-bond acceptors (Lipinski definition) is 2. The molecule has 9 heavy (non-hydrogen) atoms. The maximum absolute atomic E-state index is 3.97. The van der Waals surface area contributed by atoms with Crippen molar-refractivity contribution in [3.05, 3.63) is 18.7 Å². The molecule has 0 aliphatic rings. The van der Waals surface area contributed by atoms with Crippen LogP contribution in [0.2, 0.25) is 0 Å². The summed E-state index contributed by atoms with van der Waals surface area (Å²) in [7, 11) is 0. The fourth-order valence-electron chi connectivity index (χ4n) is 0.727. The molecule has 2 heterocycles. The molecule has 2 aromatic rings. The number of rotatable bonds is 0. The lowest BCUT2D eigenvalue weighted by Crippen LogP contribution is -1.99. The summed E-state index contributed by atoms with van der Waals surface area (Å²) in [5.74, 6) is 0. The average molecular weight is 121 g/mol. The minimum atomic E-state index is 0.814. The summed E-state index contributed by atoms with van der Waals surface area (Å²) >= 11 is 0. The molecule has 0 bridgehead atoms. The highest BCUT2D eigenvalue weighted by Gasteiger charge is 1.98. The van der Waals surface area contributed by atoms with Gasteiger partial charge in [0.25, 0.3) is 12.0 Å². The Balaban J connectivity index is 2.95. The van der Waals surface area contributed by atoms with Gasteiger partial charge < -0.3 is 0 Å². The Hall–Kier alpha value is -1.45. The Morgan fingerprint density at radius 2 is 2.56 bits per heavy atom. The van der Waals surface area contributed by atoms with Crippen LogP contribution >= 0.6 is 0 Å². The van der Waals surface area contributed by atoms with E-state index in [0.717, 1.165) is 11.0 Å². The van der Waals surface area contributed by atoms with Gasteiger partial charge in [-0.3, -0.25) is 0 Å². The zero-order chi connectivity index (χ0) is 6.10. The molecule has 0 amide bonds. The number of aromatic nitrogens is 4. The molecule has 0 aliphatic heterocycles. The van der Waals surface area contributed by atoms with Gasteiger partial charge in [0.05, 0.1) is 6.20 Å². The monoisotopic (exact) mass is 121 g/mol. The highest BCUT2D eigenvalue weighted by atomic mass is 15.1. The molecular weight excluding hydrogens is 116 g/mol. The van der Waals surface area contributed by atoms with E-state index in [1.54, 1.807) is 12.5 Å². The second kappa shape index (κ2) is 1.51. The Kier molecular flexibility index (Phi) is 0.745. The molecule has 44 valence electrons. The van der Waals surface area contributed by atoms with Gasteiger partial charge in [-0.15, -0.1) is 0 Å². The van der Waals surface area contributed by atoms with Crippen molar-refractivity contribution in [2.75, 3.05) is 0 Å². The van der Waals surface area contributed by atoms with Crippen LogP contribution in [-0.4, -0.2) is 15.2 Å². The Morgan fingerprint density at radius 3 is 3.44 bits per heavy atom. The van der Waals surface area contributed by atoms with Crippen LogP contribution in [0.25, 0.3) is 11.0 Å². The number of fused-ring (bicyclic) bond motifs is 1. The molecule has 0 fully saturated rings. The van der Waals surface area contributed by atoms with E-state index in [0.29, 0.717) is 0 Å². The first-order chi connectivity index (χ1) is 4.47. The highest BCUT2D eigenvalue weighted by Crippen LogP contribution is 1.99. The molecule has 0 unspecified atom stereocenters. The first-order valence-corrected chi connectivity index (χ1v) is 2.62. The van der Waals surface area contributed by atoms with Gasteiger partial charge in [0.1, 0.15) is 11.6 Å². The Bertz CT molecular complexity index is 283. The number of nitrogens with zero attached hydrogens (tertiary/aromatic N) is 2. The van der Waals surface area contributed by atoms with Gasteiger partial charge in [-0.1, -0.05) is 0 Å². The predicted octanol–water partition coefficient (Wildman–Crippen LogP) is -0.228. The summed E-state index contributed by atoms with van der Waals surface area (Å²) < 4.78 is 0. The molecule has 0 saturated carbocycles. The van der Waals surface area contributed by atoms with Gasteiger partial charge in [0.2, 0.25) is 0 Å². The van der Waals surface area contributed by atoms with Crippen LogP contribution in [0.15, 0.2) is 18.7 Å². The molecule has 4 nitrogen and oxygen atoms in total. The Morgan fingerprint density at radius 1 is 1.56 bits per heavy atom. The van der Waals surface area contributed by atoms with E-state index in [4.69, 9.17) is 0 Å². The summed E-state index contributed by atoms with van der Waals surface area (Å²) in [6, 6.07) is 0. The molecule has 0 aromatic carbocycles. The number of H-pyrrole nitrogens is 2. The third kappa shape index (κ3) is 0.561. The van der Waals surface area contributed by atoms with Gasteiger partial charge in [-0.2, -0.15) is 5.10 Å². The van der Waals surface area contributed by atoms with Gasteiger partial charge in [0, 0.05) is 0 Å². The predicted molar refractivity (Wildman–Crippen MR) is 30.4 cm³/mol. The zero-order valence-corrected chi connectivity index (χ0v) is 4.63. The van der Waals surface area contributed by atoms with E-state index in [1.807, 2.05) is 6.20 Å². The SMILES string of the molecule is c1nc2[nH]ncc2c[nH+]1. The van der Waals surface area contributed by atoms with Gasteiger partial charge >= 0.3 is 0 Å². The lowest BCUT2D eigenvalue weighted by Gasteiger charge is -1.71. The molecule has 0 radical (unpaired) electrons. The van der Waals surface area contributed by atoms with Crippen molar-refractivity contribution in [1.29, 1.82) is 0 Å². The molecule has 4 heteroatoms. The fourth-order valence-corrected chi connectivity index (χ4v) is 0.727. The fraction of sp³-hybridized carbons (Fsp3) is 0. The van der Waals surface area contributed by atoms with Crippen LogP contribution < -0.4 is 4.98 Å². The smallest absolute Gasteiger partial charge is 0.250 e. The number of aromatic amines is 2. The average Bonchev–Trinajstić information content (AvgIpc) is 2.33. The third-order valence-corrected chi connectivity index (χ3v) is 1.15. The van der Waals surface area contributed by atoms with E-state index in [2.05, 4.69) is 20.2 Å². The van der Waals surface area contributed by atoms with Crippen molar-refractivity contribution in [2.24, 2.45) is 0 Å². The van der Waals surface area contributed by atoms with Crippen LogP contribution in [-0.2, 0) is 0 Å². The molecular formula is C5H5N4+. The molecule has 0 aliphatic carbocycles. The van der Waals surface area contributed by atoms with Crippen molar-refractivity contribution in [1.82, 2.24) is 15.2 Å². The zero-order valence-electron chi connectivity index (χ0n) is 4.63. The van der Waals surface area contributed by atoms with Crippen molar-refractivity contribution in [3.8, 4) is 0 Å². The van der Waals surface area contributed by atoms with E-state index in [9.17, 15) is 0 Å². The van der Waals surface area contributed by atoms with Gasteiger partial charge in [-0.05, 0) is 4.98 Å². The second-order valence-electron chi connectivity index (χ2n) is 1.74. The van der Waals surface area contributed by atoms with Crippen molar-refractivity contribution >= 4 is 11.0 Å². The quantitative estimate of drug-likeness (QED) is 0.523. The summed E-state index contributed by atoms with van der Waals surface area (Å²) in [5.41, 5.74) is 0.814. The largest absolute Gasteiger partial charge is 0.286 e. The van der Waals surface area contributed by atoms with Crippen LogP contribution in [0.3, 0.4) is 0 Å². The Labute approximate surface area is 50.9 Å². The minimum Gasteiger partial charge on any atom is -0.250 e. The molecule has 0 saturated heterocycles. The highest BCUT2D eigenvalue weighted by molar-refractivity contribution is 5.70. The number of nitrogens with one attached hydrogen (secondary N) is 2. The van der Waals surface area contributed by atoms with Crippen molar-refractivity contribution in [2.45, 2.75) is 0 Å². The summed E-state index contributed by atoms with van der Waals surface area (Å²) in [4.78, 5) is 6.82. The summed E-state index contributed by atoms with van der Waals surface area (Å²) in [6.07, 6.45) is 5.17. The lowest BCUT2D eigenvalue weighted by atomic mass is 10.5. The summed E-state index contributed by atoms with van der Waals surface area (Å²) in [6.45, 7) is 0. The second-order valence-corrected chi connectivity index (χ2v) is 1.74. The van der Waals surface area contributed by atoms with Gasteiger partial charge in [-0.25, -0.2) is 10.1 Å². The molecule has 0 spiro atoms. The number of hydrogen-bond donors (Lipinski definition) is 1. The normalized spacial score (nSPS) is 10.2. The standard InChI is InChI=1S/C5H4N4/c1-4-2-8-9-5(4)7-3-6-1/h1-3H,(H,6,7,8,9)/p+1. The first kappa shape index (κ1) is 4.43. The van der Waals surface area contributed by atoms with Crippen LogP contribution in [0.4, 0.5) is 0 Å². The van der Waals surface area contributed by atoms with Crippen LogP contribution in [0.1, 0.15) is 0 Å².